The Morgan fingerprint density at radius 1 is 1.33 bits per heavy atom. The van der Waals surface area contributed by atoms with Crippen LogP contribution >= 0.6 is 23.4 Å². The molecular formula is C10H17ClS. The molecule has 2 fully saturated rings. The van der Waals surface area contributed by atoms with E-state index in [1.54, 1.807) is 0 Å². The molecule has 0 radical (unpaired) electrons. The molecule has 2 rings (SSSR count). The second kappa shape index (κ2) is 2.81. The fraction of sp³-hybridized carbons (Fsp3) is 1.00. The summed E-state index contributed by atoms with van der Waals surface area (Å²) in [5.41, 5.74) is 1.18. The summed E-state index contributed by atoms with van der Waals surface area (Å²) in [5, 5.41) is 0. The average Bonchev–Trinajstić information content (AvgIpc) is 2.49. The van der Waals surface area contributed by atoms with Crippen LogP contribution in [0.2, 0.25) is 0 Å². The topological polar surface area (TPSA) is 0 Å². The minimum absolute atomic E-state index is 0.537. The lowest BCUT2D eigenvalue weighted by Crippen LogP contribution is -2.16. The summed E-state index contributed by atoms with van der Waals surface area (Å²) in [6.45, 7) is 4.80. The molecule has 0 N–H and O–H groups in total. The molecule has 1 aliphatic heterocycles. The molecule has 0 bridgehead atoms. The van der Waals surface area contributed by atoms with E-state index in [1.165, 1.54) is 24.3 Å². The largest absolute Gasteiger partial charge is 0.162 e. The van der Waals surface area contributed by atoms with E-state index >= 15 is 0 Å². The quantitative estimate of drug-likeness (QED) is 0.590. The van der Waals surface area contributed by atoms with E-state index in [9.17, 15) is 0 Å². The van der Waals surface area contributed by atoms with Gasteiger partial charge in [-0.2, -0.15) is 11.8 Å². The van der Waals surface area contributed by atoms with Crippen LogP contribution in [-0.4, -0.2) is 17.4 Å². The third-order valence-electron chi connectivity index (χ3n) is 4.28. The third-order valence-corrected chi connectivity index (χ3v) is 5.57. The summed E-state index contributed by atoms with van der Waals surface area (Å²) in [6.07, 6.45) is 2.81. The molecule has 1 saturated carbocycles. The second-order valence-electron chi connectivity index (χ2n) is 4.70. The van der Waals surface area contributed by atoms with Crippen molar-refractivity contribution in [2.75, 3.05) is 17.4 Å². The lowest BCUT2D eigenvalue weighted by molar-refractivity contribution is 0.353. The van der Waals surface area contributed by atoms with Crippen LogP contribution in [0, 0.1) is 16.7 Å². The smallest absolute Gasteiger partial charge is 0.0262 e. The zero-order chi connectivity index (χ0) is 8.82. The van der Waals surface area contributed by atoms with Gasteiger partial charge >= 0.3 is 0 Å². The van der Waals surface area contributed by atoms with Gasteiger partial charge in [0.15, 0.2) is 0 Å². The highest BCUT2D eigenvalue weighted by molar-refractivity contribution is 7.99. The van der Waals surface area contributed by atoms with Crippen molar-refractivity contribution in [1.82, 2.24) is 0 Å². The van der Waals surface area contributed by atoms with Crippen molar-refractivity contribution in [2.24, 2.45) is 16.7 Å². The van der Waals surface area contributed by atoms with Gasteiger partial charge in [0.2, 0.25) is 0 Å². The summed E-state index contributed by atoms with van der Waals surface area (Å²) in [4.78, 5) is 0. The molecule has 70 valence electrons. The minimum Gasteiger partial charge on any atom is -0.162 e. The average molecular weight is 205 g/mol. The maximum Gasteiger partial charge on any atom is 0.0262 e. The van der Waals surface area contributed by atoms with E-state index in [0.717, 1.165) is 11.8 Å². The molecule has 0 aromatic heterocycles. The summed E-state index contributed by atoms with van der Waals surface area (Å²) < 4.78 is 0. The first-order chi connectivity index (χ1) is 5.65. The molecule has 1 unspecified atom stereocenters. The predicted octanol–water partition coefficient (Wildman–Crippen LogP) is 3.39. The van der Waals surface area contributed by atoms with Crippen molar-refractivity contribution >= 4 is 23.4 Å². The van der Waals surface area contributed by atoms with Crippen molar-refractivity contribution < 1.29 is 0 Å². The Morgan fingerprint density at radius 3 is 2.33 bits per heavy atom. The molecule has 1 saturated heterocycles. The lowest BCUT2D eigenvalue weighted by atomic mass is 9.90. The van der Waals surface area contributed by atoms with Crippen molar-refractivity contribution in [3.63, 3.8) is 0 Å². The Hall–Kier alpha value is 0.640. The fourth-order valence-electron chi connectivity index (χ4n) is 3.13. The van der Waals surface area contributed by atoms with Gasteiger partial charge in [-0.25, -0.2) is 0 Å². The molecule has 1 spiro atoms. The highest BCUT2D eigenvalue weighted by Crippen LogP contribution is 2.74. The Balaban J connectivity index is 2.12. The van der Waals surface area contributed by atoms with Crippen LogP contribution in [0.15, 0.2) is 0 Å². The van der Waals surface area contributed by atoms with Crippen molar-refractivity contribution in [3.05, 3.63) is 0 Å². The van der Waals surface area contributed by atoms with Gasteiger partial charge in [-0.1, -0.05) is 13.8 Å². The van der Waals surface area contributed by atoms with Gasteiger partial charge in [0.1, 0.15) is 0 Å². The van der Waals surface area contributed by atoms with E-state index in [-0.39, 0.29) is 0 Å². The van der Waals surface area contributed by atoms with Crippen LogP contribution in [0.25, 0.3) is 0 Å². The summed E-state index contributed by atoms with van der Waals surface area (Å²) in [5.74, 6) is 4.39. The van der Waals surface area contributed by atoms with Crippen molar-refractivity contribution in [1.29, 1.82) is 0 Å². The number of hydrogen-bond acceptors (Lipinski definition) is 1. The molecule has 0 amide bonds. The molecule has 12 heavy (non-hydrogen) atoms. The minimum atomic E-state index is 0.537. The van der Waals surface area contributed by atoms with Gasteiger partial charge in [-0.15, -0.1) is 11.6 Å². The van der Waals surface area contributed by atoms with E-state index in [0.29, 0.717) is 10.8 Å². The second-order valence-corrected chi connectivity index (χ2v) is 6.23. The SMILES string of the molecule is CC1(C)C(CCl)C12CCSCC2. The standard InChI is InChI=1S/C10H17ClS/c1-9(2)8(7-11)10(9)3-5-12-6-4-10/h8H,3-7H2,1-2H3. The van der Waals surface area contributed by atoms with Crippen LogP contribution in [-0.2, 0) is 0 Å². The first-order valence-electron chi connectivity index (χ1n) is 4.79. The first-order valence-corrected chi connectivity index (χ1v) is 6.48. The van der Waals surface area contributed by atoms with E-state index in [2.05, 4.69) is 25.6 Å². The normalized spacial score (nSPS) is 36.8. The van der Waals surface area contributed by atoms with E-state index in [1.807, 2.05) is 0 Å². The van der Waals surface area contributed by atoms with Gasteiger partial charge in [-0.05, 0) is 41.1 Å². The maximum absolute atomic E-state index is 6.00. The highest BCUT2D eigenvalue weighted by atomic mass is 35.5. The molecule has 1 aliphatic carbocycles. The Morgan fingerprint density at radius 2 is 1.92 bits per heavy atom. The summed E-state index contributed by atoms with van der Waals surface area (Å²) in [6, 6.07) is 0. The number of alkyl halides is 1. The molecule has 0 nitrogen and oxygen atoms in total. The molecule has 1 atom stereocenters. The van der Waals surface area contributed by atoms with Crippen molar-refractivity contribution in [2.45, 2.75) is 26.7 Å². The summed E-state index contributed by atoms with van der Waals surface area (Å²) >= 11 is 8.11. The lowest BCUT2D eigenvalue weighted by Gasteiger charge is -2.24. The van der Waals surface area contributed by atoms with Crippen LogP contribution in [0.4, 0.5) is 0 Å². The fourth-order valence-corrected chi connectivity index (χ4v) is 5.03. The first kappa shape index (κ1) is 9.21. The molecule has 0 aromatic rings. The predicted molar refractivity (Wildman–Crippen MR) is 57.0 cm³/mol. The van der Waals surface area contributed by atoms with Crippen LogP contribution in [0.3, 0.4) is 0 Å². The molecule has 2 aliphatic rings. The zero-order valence-electron chi connectivity index (χ0n) is 7.90. The van der Waals surface area contributed by atoms with E-state index in [4.69, 9.17) is 11.6 Å². The third kappa shape index (κ3) is 0.988. The zero-order valence-corrected chi connectivity index (χ0v) is 9.47. The van der Waals surface area contributed by atoms with Crippen molar-refractivity contribution in [3.8, 4) is 0 Å². The van der Waals surface area contributed by atoms with Gasteiger partial charge in [0.05, 0.1) is 0 Å². The molecule has 1 heterocycles. The molecule has 0 aromatic carbocycles. The molecule has 2 heteroatoms. The van der Waals surface area contributed by atoms with Gasteiger partial charge in [0.25, 0.3) is 0 Å². The van der Waals surface area contributed by atoms with Crippen LogP contribution in [0.5, 0.6) is 0 Å². The number of thioether (sulfide) groups is 1. The number of hydrogen-bond donors (Lipinski definition) is 0. The molecular weight excluding hydrogens is 188 g/mol. The monoisotopic (exact) mass is 204 g/mol. The maximum atomic E-state index is 6.00. The van der Waals surface area contributed by atoms with E-state index < -0.39 is 0 Å². The Kier molecular flexibility index (Phi) is 2.16. The Bertz CT molecular complexity index is 182. The van der Waals surface area contributed by atoms with Crippen LogP contribution in [0.1, 0.15) is 26.7 Å². The van der Waals surface area contributed by atoms with Gasteiger partial charge in [0, 0.05) is 5.88 Å². The Labute approximate surface area is 84.4 Å². The highest BCUT2D eigenvalue weighted by Gasteiger charge is 2.69. The van der Waals surface area contributed by atoms with Gasteiger partial charge < -0.3 is 0 Å². The number of rotatable bonds is 1. The number of halogens is 1. The van der Waals surface area contributed by atoms with Gasteiger partial charge in [-0.3, -0.25) is 0 Å². The van der Waals surface area contributed by atoms with Crippen LogP contribution < -0.4 is 0 Å². The summed E-state index contributed by atoms with van der Waals surface area (Å²) in [7, 11) is 0.